The van der Waals surface area contributed by atoms with Crippen LogP contribution in [0.15, 0.2) is 82.6 Å². The summed E-state index contributed by atoms with van der Waals surface area (Å²) in [4.78, 5) is 33.3. The highest BCUT2D eigenvalue weighted by Crippen LogP contribution is 2.21. The topological polar surface area (TPSA) is 105 Å². The molecule has 0 spiro atoms. The summed E-state index contributed by atoms with van der Waals surface area (Å²) < 4.78 is 2.15. The molecule has 4 rings (SSSR count). The van der Waals surface area contributed by atoms with Crippen LogP contribution in [0.25, 0.3) is 16.9 Å². The monoisotopic (exact) mass is 464 g/mol. The third-order valence-electron chi connectivity index (χ3n) is 4.36. The maximum Gasteiger partial charge on any atom is 0.319 e. The van der Waals surface area contributed by atoms with Gasteiger partial charge in [-0.3, -0.25) is 14.9 Å². The number of nitrogens with zero attached hydrogens (tertiary/aromatic N) is 3. The number of aromatic nitrogens is 4. The van der Waals surface area contributed by atoms with Crippen LogP contribution in [0.1, 0.15) is 5.56 Å². The Morgan fingerprint density at radius 1 is 1.13 bits per heavy atom. The third-order valence-corrected chi connectivity index (χ3v) is 5.05. The Morgan fingerprint density at radius 2 is 2.00 bits per heavy atom. The number of rotatable bonds is 5. The fourth-order valence-electron chi connectivity index (χ4n) is 2.87. The zero-order chi connectivity index (χ0) is 20.9. The molecule has 1 aromatic carbocycles. The summed E-state index contributed by atoms with van der Waals surface area (Å²) >= 11 is 3.39. The molecular formula is C21H17BrN6O2. The highest BCUT2D eigenvalue weighted by molar-refractivity contribution is 9.10. The van der Waals surface area contributed by atoms with Gasteiger partial charge in [-0.05, 0) is 51.8 Å². The zero-order valence-corrected chi connectivity index (χ0v) is 17.3. The molecule has 2 amide bonds. The number of para-hydroxylation sites is 1. The van der Waals surface area contributed by atoms with Gasteiger partial charge in [-0.15, -0.1) is 0 Å². The summed E-state index contributed by atoms with van der Waals surface area (Å²) in [7, 11) is 0. The van der Waals surface area contributed by atoms with Gasteiger partial charge < -0.3 is 10.6 Å². The lowest BCUT2D eigenvalue weighted by atomic mass is 10.2. The van der Waals surface area contributed by atoms with Gasteiger partial charge in [0.1, 0.15) is 0 Å². The standard InChI is InChI=1S/C21H17BrN6O2/c22-17-5-1-2-6-18(17)27-21(30)25-11-14-7-9-24-19(10-14)28-20(29)16(13-26-28)15-4-3-8-23-12-15/h1-10,12-13,26H,11H2,(H2,25,27,30). The quantitative estimate of drug-likeness (QED) is 0.418. The molecule has 0 saturated heterocycles. The normalized spacial score (nSPS) is 10.6. The number of nitrogens with one attached hydrogen (secondary N) is 3. The Bertz CT molecular complexity index is 1240. The number of carbonyl (C=O) groups excluding carboxylic acids is 1. The number of aromatic amines is 1. The van der Waals surface area contributed by atoms with Crippen molar-refractivity contribution >= 4 is 27.6 Å². The van der Waals surface area contributed by atoms with Crippen LogP contribution in [0, 0.1) is 0 Å². The highest BCUT2D eigenvalue weighted by atomic mass is 79.9. The Morgan fingerprint density at radius 3 is 2.80 bits per heavy atom. The number of hydrogen-bond acceptors (Lipinski definition) is 4. The van der Waals surface area contributed by atoms with Crippen molar-refractivity contribution in [2.45, 2.75) is 6.54 Å². The van der Waals surface area contributed by atoms with E-state index in [-0.39, 0.29) is 18.1 Å². The van der Waals surface area contributed by atoms with Gasteiger partial charge in [0.05, 0.1) is 11.3 Å². The highest BCUT2D eigenvalue weighted by Gasteiger charge is 2.11. The molecule has 0 saturated carbocycles. The largest absolute Gasteiger partial charge is 0.334 e. The van der Waals surface area contributed by atoms with Crippen LogP contribution in [0.5, 0.6) is 0 Å². The predicted molar refractivity (Wildman–Crippen MR) is 117 cm³/mol. The first-order valence-electron chi connectivity index (χ1n) is 9.07. The van der Waals surface area contributed by atoms with Gasteiger partial charge in [-0.2, -0.15) is 0 Å². The molecule has 4 aromatic rings. The van der Waals surface area contributed by atoms with Crippen LogP contribution in [0.3, 0.4) is 0 Å². The number of amides is 2. The van der Waals surface area contributed by atoms with Crippen molar-refractivity contribution in [3.05, 3.63) is 93.7 Å². The molecule has 0 atom stereocenters. The molecule has 0 unspecified atom stereocenters. The molecule has 3 aromatic heterocycles. The molecule has 0 bridgehead atoms. The smallest absolute Gasteiger partial charge is 0.319 e. The minimum Gasteiger partial charge on any atom is -0.334 e. The van der Waals surface area contributed by atoms with E-state index in [1.54, 1.807) is 49.1 Å². The molecule has 0 radical (unpaired) electrons. The molecule has 3 heterocycles. The minimum absolute atomic E-state index is 0.229. The van der Waals surface area contributed by atoms with Crippen molar-refractivity contribution in [3.8, 4) is 16.9 Å². The molecule has 150 valence electrons. The molecule has 0 aliphatic heterocycles. The van der Waals surface area contributed by atoms with Gasteiger partial charge in [-0.25, -0.2) is 14.5 Å². The van der Waals surface area contributed by atoms with Crippen molar-refractivity contribution in [1.29, 1.82) is 0 Å². The van der Waals surface area contributed by atoms with E-state index in [1.807, 2.05) is 24.3 Å². The maximum absolute atomic E-state index is 12.8. The first-order chi connectivity index (χ1) is 14.6. The average molecular weight is 465 g/mol. The average Bonchev–Trinajstić information content (AvgIpc) is 3.16. The predicted octanol–water partition coefficient (Wildman–Crippen LogP) is 3.71. The molecule has 3 N–H and O–H groups in total. The van der Waals surface area contributed by atoms with Gasteiger partial charge >= 0.3 is 6.03 Å². The first kappa shape index (κ1) is 19.6. The molecule has 30 heavy (non-hydrogen) atoms. The van der Waals surface area contributed by atoms with Crippen LogP contribution in [0.2, 0.25) is 0 Å². The number of benzene rings is 1. The summed E-state index contributed by atoms with van der Waals surface area (Å²) in [5, 5.41) is 8.50. The summed E-state index contributed by atoms with van der Waals surface area (Å²) in [6.07, 6.45) is 6.50. The summed E-state index contributed by atoms with van der Waals surface area (Å²) in [6, 6.07) is 14.1. The number of urea groups is 1. The van der Waals surface area contributed by atoms with E-state index in [1.165, 1.54) is 4.68 Å². The fourth-order valence-corrected chi connectivity index (χ4v) is 3.26. The molecule has 0 aliphatic carbocycles. The summed E-state index contributed by atoms with van der Waals surface area (Å²) in [5.74, 6) is 0.431. The van der Waals surface area contributed by atoms with Crippen molar-refractivity contribution in [2.75, 3.05) is 5.32 Å². The second-order valence-electron chi connectivity index (χ2n) is 6.38. The lowest BCUT2D eigenvalue weighted by Crippen LogP contribution is -2.28. The molecular weight excluding hydrogens is 448 g/mol. The van der Waals surface area contributed by atoms with E-state index >= 15 is 0 Å². The van der Waals surface area contributed by atoms with Crippen molar-refractivity contribution in [1.82, 2.24) is 25.1 Å². The van der Waals surface area contributed by atoms with E-state index in [2.05, 4.69) is 41.6 Å². The Balaban J connectivity index is 1.47. The van der Waals surface area contributed by atoms with E-state index < -0.39 is 0 Å². The molecule has 0 aliphatic rings. The molecule has 0 fully saturated rings. The van der Waals surface area contributed by atoms with Crippen LogP contribution in [-0.2, 0) is 6.54 Å². The van der Waals surface area contributed by atoms with E-state index in [0.29, 0.717) is 17.1 Å². The molecule has 8 nitrogen and oxygen atoms in total. The summed E-state index contributed by atoms with van der Waals surface area (Å²) in [6.45, 7) is 0.275. The van der Waals surface area contributed by atoms with Gasteiger partial charge in [0, 0.05) is 41.4 Å². The SMILES string of the molecule is O=C(NCc1ccnc(-n2[nH]cc(-c3cccnc3)c2=O)c1)Nc1ccccc1Br. The Kier molecular flexibility index (Phi) is 5.71. The second-order valence-corrected chi connectivity index (χ2v) is 7.23. The van der Waals surface area contributed by atoms with Gasteiger partial charge in [0.2, 0.25) is 0 Å². The van der Waals surface area contributed by atoms with Gasteiger partial charge in [-0.1, -0.05) is 18.2 Å². The van der Waals surface area contributed by atoms with Crippen LogP contribution >= 0.6 is 15.9 Å². The van der Waals surface area contributed by atoms with Crippen LogP contribution < -0.4 is 16.2 Å². The third kappa shape index (κ3) is 4.31. The van der Waals surface area contributed by atoms with Crippen LogP contribution in [0.4, 0.5) is 10.5 Å². The lowest BCUT2D eigenvalue weighted by Gasteiger charge is -2.09. The Hall–Kier alpha value is -3.72. The summed E-state index contributed by atoms with van der Waals surface area (Å²) in [5.41, 5.74) is 2.46. The number of halogens is 1. The van der Waals surface area contributed by atoms with Crippen molar-refractivity contribution < 1.29 is 4.79 Å². The van der Waals surface area contributed by atoms with E-state index in [0.717, 1.165) is 15.6 Å². The number of pyridine rings is 2. The van der Waals surface area contributed by atoms with Gasteiger partial charge in [0.15, 0.2) is 5.82 Å². The van der Waals surface area contributed by atoms with E-state index in [9.17, 15) is 9.59 Å². The lowest BCUT2D eigenvalue weighted by molar-refractivity contribution is 0.251. The number of carbonyl (C=O) groups is 1. The van der Waals surface area contributed by atoms with Gasteiger partial charge in [0.25, 0.3) is 5.56 Å². The first-order valence-corrected chi connectivity index (χ1v) is 9.86. The number of hydrogen-bond donors (Lipinski definition) is 3. The fraction of sp³-hybridized carbons (Fsp3) is 0.0476. The van der Waals surface area contributed by atoms with Crippen molar-refractivity contribution in [3.63, 3.8) is 0 Å². The molecule has 9 heteroatoms. The van der Waals surface area contributed by atoms with Crippen molar-refractivity contribution in [2.24, 2.45) is 0 Å². The maximum atomic E-state index is 12.8. The minimum atomic E-state index is -0.337. The van der Waals surface area contributed by atoms with E-state index in [4.69, 9.17) is 0 Å². The zero-order valence-electron chi connectivity index (χ0n) is 15.7. The Labute approximate surface area is 180 Å². The number of H-pyrrole nitrogens is 1. The number of anilines is 1. The second kappa shape index (κ2) is 8.75. The van der Waals surface area contributed by atoms with Crippen LogP contribution in [-0.4, -0.2) is 25.8 Å².